The molecule has 3 aromatic carbocycles. The first-order valence-corrected chi connectivity index (χ1v) is 10.7. The number of rotatable bonds is 4. The third-order valence-corrected chi connectivity index (χ3v) is 6.60. The van der Waals surface area contributed by atoms with E-state index in [1.54, 1.807) is 12.1 Å². The average molecular weight is 375 g/mol. The Morgan fingerprint density at radius 3 is 2.30 bits per heavy atom. The predicted molar refractivity (Wildman–Crippen MR) is 109 cm³/mol. The van der Waals surface area contributed by atoms with Crippen LogP contribution in [0.3, 0.4) is 0 Å². The Morgan fingerprint density at radius 1 is 0.852 bits per heavy atom. The molecule has 0 radical (unpaired) electrons. The molecule has 0 N–H and O–H groups in total. The molecular weight excluding hydrogens is 354 g/mol. The van der Waals surface area contributed by atoms with Crippen molar-refractivity contribution in [2.75, 3.05) is 6.54 Å². The maximum absolute atomic E-state index is 13.0. The molecule has 0 spiro atoms. The minimum Gasteiger partial charge on any atom is -0.284 e. The normalized spacial score (nSPS) is 13.7. The monoisotopic (exact) mass is 375 g/mol. The molecule has 0 unspecified atom stereocenters. The number of benzene rings is 3. The zero-order valence-corrected chi connectivity index (χ0v) is 16.0. The summed E-state index contributed by atoms with van der Waals surface area (Å²) in [5.41, 5.74) is 5.99. The second-order valence-corrected chi connectivity index (χ2v) is 8.86. The summed E-state index contributed by atoms with van der Waals surface area (Å²) < 4.78 is 25.9. The number of sulfone groups is 1. The Balaban J connectivity index is 1.75. The molecular formula is C23H21NO2S. The Kier molecular flexibility index (Phi) is 4.66. The maximum Gasteiger partial charge on any atom is 0.182 e. The first-order valence-electron chi connectivity index (χ1n) is 9.05. The molecule has 0 bridgehead atoms. The standard InChI is InChI=1S/C23H21NO2S/c1-17-10-12-20(13-11-17)27(25,26)16-19-7-3-5-9-22(19)23-21-8-4-2-6-18(21)14-15-24-23/h2-13H,14-16H2,1H3. The summed E-state index contributed by atoms with van der Waals surface area (Å²) in [7, 11) is -3.42. The van der Waals surface area contributed by atoms with Crippen LogP contribution in [0.25, 0.3) is 0 Å². The van der Waals surface area contributed by atoms with Gasteiger partial charge in [0, 0.05) is 17.7 Å². The molecule has 4 rings (SSSR count). The van der Waals surface area contributed by atoms with E-state index in [0.29, 0.717) is 4.90 Å². The van der Waals surface area contributed by atoms with Gasteiger partial charge in [0.1, 0.15) is 0 Å². The fraction of sp³-hybridized carbons (Fsp3) is 0.174. The SMILES string of the molecule is Cc1ccc(S(=O)(=O)Cc2ccccc2C2=NCCc3ccccc32)cc1. The van der Waals surface area contributed by atoms with Crippen LogP contribution >= 0.6 is 0 Å². The van der Waals surface area contributed by atoms with Crippen LogP contribution in [0.15, 0.2) is 82.7 Å². The molecule has 0 amide bonds. The van der Waals surface area contributed by atoms with Gasteiger partial charge in [-0.25, -0.2) is 8.42 Å². The van der Waals surface area contributed by atoms with Crippen LogP contribution in [0.5, 0.6) is 0 Å². The highest BCUT2D eigenvalue weighted by Gasteiger charge is 2.21. The van der Waals surface area contributed by atoms with Crippen LogP contribution in [0.4, 0.5) is 0 Å². The molecule has 0 saturated heterocycles. The van der Waals surface area contributed by atoms with Crippen LogP contribution in [-0.4, -0.2) is 20.7 Å². The van der Waals surface area contributed by atoms with Crippen LogP contribution in [-0.2, 0) is 22.0 Å². The summed E-state index contributed by atoms with van der Waals surface area (Å²) in [6.45, 7) is 2.68. The van der Waals surface area contributed by atoms with E-state index in [0.717, 1.165) is 40.9 Å². The zero-order chi connectivity index (χ0) is 18.9. The number of hydrogen-bond donors (Lipinski definition) is 0. The lowest BCUT2D eigenvalue weighted by molar-refractivity contribution is 0.595. The van der Waals surface area contributed by atoms with Crippen LogP contribution in [0.1, 0.15) is 27.8 Å². The van der Waals surface area contributed by atoms with E-state index >= 15 is 0 Å². The maximum atomic E-state index is 13.0. The molecule has 0 aliphatic carbocycles. The highest BCUT2D eigenvalue weighted by atomic mass is 32.2. The van der Waals surface area contributed by atoms with Crippen molar-refractivity contribution in [2.24, 2.45) is 4.99 Å². The van der Waals surface area contributed by atoms with E-state index in [1.165, 1.54) is 5.56 Å². The van der Waals surface area contributed by atoms with E-state index in [9.17, 15) is 8.42 Å². The summed E-state index contributed by atoms with van der Waals surface area (Å²) in [6.07, 6.45) is 0.920. The third-order valence-electron chi connectivity index (χ3n) is 4.92. The first kappa shape index (κ1) is 17.7. The first-order chi connectivity index (χ1) is 13.0. The van der Waals surface area contributed by atoms with E-state index in [4.69, 9.17) is 4.99 Å². The topological polar surface area (TPSA) is 46.5 Å². The summed E-state index contributed by atoms with van der Waals surface area (Å²) in [4.78, 5) is 5.09. The summed E-state index contributed by atoms with van der Waals surface area (Å²) >= 11 is 0. The van der Waals surface area contributed by atoms with Crippen LogP contribution in [0.2, 0.25) is 0 Å². The molecule has 0 saturated carbocycles. The lowest BCUT2D eigenvalue weighted by Gasteiger charge is -2.19. The molecule has 1 heterocycles. The van der Waals surface area contributed by atoms with Crippen molar-refractivity contribution in [1.82, 2.24) is 0 Å². The molecule has 3 nitrogen and oxygen atoms in total. The summed E-state index contributed by atoms with van der Waals surface area (Å²) in [5.74, 6) is -0.0343. The van der Waals surface area contributed by atoms with Gasteiger partial charge in [-0.1, -0.05) is 66.2 Å². The predicted octanol–water partition coefficient (Wildman–Crippen LogP) is 4.36. The Labute approximate surface area is 160 Å². The van der Waals surface area contributed by atoms with Gasteiger partial charge in [-0.2, -0.15) is 0 Å². The second kappa shape index (κ2) is 7.12. The quantitative estimate of drug-likeness (QED) is 0.680. The van der Waals surface area contributed by atoms with Crippen molar-refractivity contribution in [3.8, 4) is 0 Å². The van der Waals surface area contributed by atoms with E-state index in [2.05, 4.69) is 12.1 Å². The minimum atomic E-state index is -3.42. The number of fused-ring (bicyclic) bond motifs is 1. The molecule has 3 aromatic rings. The fourth-order valence-corrected chi connectivity index (χ4v) is 4.86. The summed E-state index contributed by atoms with van der Waals surface area (Å²) in [6, 6.07) is 23.0. The van der Waals surface area contributed by atoms with Gasteiger partial charge < -0.3 is 0 Å². The number of aliphatic imine (C=N–C) groups is 1. The van der Waals surface area contributed by atoms with Gasteiger partial charge in [-0.05, 0) is 36.6 Å². The van der Waals surface area contributed by atoms with Gasteiger partial charge in [-0.3, -0.25) is 4.99 Å². The van der Waals surface area contributed by atoms with Gasteiger partial charge in [0.2, 0.25) is 0 Å². The van der Waals surface area contributed by atoms with Crippen molar-refractivity contribution >= 4 is 15.5 Å². The average Bonchev–Trinajstić information content (AvgIpc) is 2.68. The molecule has 27 heavy (non-hydrogen) atoms. The fourth-order valence-electron chi connectivity index (χ4n) is 3.48. The van der Waals surface area contributed by atoms with Gasteiger partial charge in [0.05, 0.1) is 16.4 Å². The Morgan fingerprint density at radius 2 is 1.52 bits per heavy atom. The van der Waals surface area contributed by atoms with E-state index in [1.807, 2.05) is 55.5 Å². The number of hydrogen-bond acceptors (Lipinski definition) is 3. The van der Waals surface area contributed by atoms with Gasteiger partial charge in [0.25, 0.3) is 0 Å². The smallest absolute Gasteiger partial charge is 0.182 e. The lowest BCUT2D eigenvalue weighted by Crippen LogP contribution is -2.17. The van der Waals surface area contributed by atoms with Gasteiger partial charge >= 0.3 is 0 Å². The van der Waals surface area contributed by atoms with Crippen LogP contribution < -0.4 is 0 Å². The lowest BCUT2D eigenvalue weighted by atomic mass is 9.91. The molecule has 1 aliphatic heterocycles. The third kappa shape index (κ3) is 3.58. The minimum absolute atomic E-state index is 0.0343. The van der Waals surface area contributed by atoms with Gasteiger partial charge in [0.15, 0.2) is 9.84 Å². The number of aryl methyl sites for hydroxylation is 1. The van der Waals surface area contributed by atoms with Crippen molar-refractivity contribution in [3.63, 3.8) is 0 Å². The molecule has 1 aliphatic rings. The van der Waals surface area contributed by atoms with Crippen LogP contribution in [0, 0.1) is 6.92 Å². The van der Waals surface area contributed by atoms with E-state index < -0.39 is 9.84 Å². The zero-order valence-electron chi connectivity index (χ0n) is 15.2. The molecule has 0 aromatic heterocycles. The molecule has 136 valence electrons. The largest absolute Gasteiger partial charge is 0.284 e. The molecule has 4 heteroatoms. The van der Waals surface area contributed by atoms with Crippen molar-refractivity contribution in [1.29, 1.82) is 0 Å². The molecule has 0 fully saturated rings. The van der Waals surface area contributed by atoms with Crippen molar-refractivity contribution in [3.05, 3.63) is 101 Å². The Hall–Kier alpha value is -2.72. The van der Waals surface area contributed by atoms with Crippen molar-refractivity contribution < 1.29 is 8.42 Å². The second-order valence-electron chi connectivity index (χ2n) is 6.87. The van der Waals surface area contributed by atoms with Crippen molar-refractivity contribution in [2.45, 2.75) is 24.0 Å². The highest BCUT2D eigenvalue weighted by Crippen LogP contribution is 2.25. The van der Waals surface area contributed by atoms with Gasteiger partial charge in [-0.15, -0.1) is 0 Å². The van der Waals surface area contributed by atoms with E-state index in [-0.39, 0.29) is 5.75 Å². The molecule has 0 atom stereocenters. The number of nitrogens with zero attached hydrogens (tertiary/aromatic N) is 1. The Bertz CT molecular complexity index is 1110. The highest BCUT2D eigenvalue weighted by molar-refractivity contribution is 7.90. The summed E-state index contributed by atoms with van der Waals surface area (Å²) in [5, 5.41) is 0.